The van der Waals surface area contributed by atoms with Crippen LogP contribution in [0.2, 0.25) is 0 Å². The maximum atomic E-state index is 11.3. The quantitative estimate of drug-likeness (QED) is 0.160. The lowest BCUT2D eigenvalue weighted by atomic mass is 9.63. The van der Waals surface area contributed by atoms with Crippen molar-refractivity contribution >= 4 is 0 Å². The third-order valence-electron chi connectivity index (χ3n) is 9.38. The summed E-state index contributed by atoms with van der Waals surface area (Å²) >= 11 is 0. The Morgan fingerprint density at radius 2 is 1.18 bits per heavy atom. The smallest absolute Gasteiger partial charge is 0.229 e. The zero-order valence-electron chi connectivity index (χ0n) is 23.7. The van der Waals surface area contributed by atoms with Crippen LogP contribution in [0.1, 0.15) is 57.1 Å². The molecule has 7 rings (SSSR count). The number of rotatable bonds is 5. The molecule has 11 nitrogen and oxygen atoms in total. The van der Waals surface area contributed by atoms with E-state index in [1.807, 2.05) is 0 Å². The van der Waals surface area contributed by atoms with Gasteiger partial charge in [0.15, 0.2) is 0 Å². The summed E-state index contributed by atoms with van der Waals surface area (Å²) in [6.45, 7) is -0.656. The summed E-state index contributed by atoms with van der Waals surface area (Å²) in [5.41, 5.74) is 3.89. The van der Waals surface area contributed by atoms with Gasteiger partial charge in [0, 0.05) is 46.9 Å². The van der Waals surface area contributed by atoms with Crippen molar-refractivity contribution in [1.82, 2.24) is 0 Å². The highest BCUT2D eigenvalue weighted by molar-refractivity contribution is 5.69. The summed E-state index contributed by atoms with van der Waals surface area (Å²) in [5, 5.41) is 94.4. The molecule has 3 aliphatic rings. The minimum Gasteiger partial charge on any atom is -0.508 e. The molecule has 45 heavy (non-hydrogen) atoms. The van der Waals surface area contributed by atoms with Gasteiger partial charge >= 0.3 is 0 Å². The summed E-state index contributed by atoms with van der Waals surface area (Å²) in [6, 6.07) is 19.0. The Bertz CT molecular complexity index is 1740. The fourth-order valence-electron chi connectivity index (χ4n) is 7.52. The monoisotopic (exact) mass is 616 g/mol. The van der Waals surface area contributed by atoms with Crippen molar-refractivity contribution in [3.8, 4) is 34.5 Å². The van der Waals surface area contributed by atoms with Crippen LogP contribution in [0, 0.1) is 0 Å². The minimum atomic E-state index is -1.71. The van der Waals surface area contributed by atoms with Crippen molar-refractivity contribution in [1.29, 1.82) is 0 Å². The lowest BCUT2D eigenvalue weighted by Gasteiger charge is -2.40. The van der Waals surface area contributed by atoms with E-state index in [-0.39, 0.29) is 40.4 Å². The summed E-state index contributed by atoms with van der Waals surface area (Å²) in [4.78, 5) is 0. The number of hydrogen-bond acceptors (Lipinski definition) is 11. The molecule has 2 aliphatic carbocycles. The first-order chi connectivity index (χ1) is 21.6. The standard InChI is InChI=1S/C34H32O11/c35-13-24-31(41)32(42)33(43)34(45-24)44-23-12-19(39)10-21-28(23)30-20-9-18(38)11-22(40)27(20)25(14-1-5-16(36)6-2-14)29(21)26(30)15-3-7-17(37)8-4-15/h1-12,24-26,29-43H,13H2/t24-,25+,26?,29?,30?,31-,32+,33-,34-/m1/s1. The number of aliphatic hydroxyl groups is 4. The van der Waals surface area contributed by atoms with Crippen molar-refractivity contribution in [2.45, 2.75) is 54.4 Å². The van der Waals surface area contributed by atoms with Crippen molar-refractivity contribution < 1.29 is 55.4 Å². The topological polar surface area (TPSA) is 201 Å². The molecule has 1 heterocycles. The number of phenols is 5. The minimum absolute atomic E-state index is 0.0531. The highest BCUT2D eigenvalue weighted by Gasteiger charge is 2.54. The predicted molar refractivity (Wildman–Crippen MR) is 158 cm³/mol. The van der Waals surface area contributed by atoms with Gasteiger partial charge in [-0.2, -0.15) is 0 Å². The van der Waals surface area contributed by atoms with Crippen LogP contribution in [0.4, 0.5) is 0 Å². The number of phenolic OH excluding ortho intramolecular Hbond substituents is 5. The van der Waals surface area contributed by atoms with Gasteiger partial charge in [-0.1, -0.05) is 24.3 Å². The summed E-state index contributed by atoms with van der Waals surface area (Å²) in [6.07, 6.45) is -7.76. The second-order valence-corrected chi connectivity index (χ2v) is 11.9. The Hall–Kier alpha value is -4.52. The van der Waals surface area contributed by atoms with E-state index in [1.54, 1.807) is 60.7 Å². The Kier molecular flexibility index (Phi) is 7.03. The normalized spacial score (nSPS) is 30.0. The summed E-state index contributed by atoms with van der Waals surface area (Å²) in [7, 11) is 0. The van der Waals surface area contributed by atoms with Crippen LogP contribution in [0.25, 0.3) is 0 Å². The van der Waals surface area contributed by atoms with Crippen molar-refractivity contribution in [2.75, 3.05) is 6.61 Å². The van der Waals surface area contributed by atoms with Crippen molar-refractivity contribution in [3.05, 3.63) is 106 Å². The van der Waals surface area contributed by atoms with Crippen LogP contribution in [0.3, 0.4) is 0 Å². The maximum Gasteiger partial charge on any atom is 0.229 e. The molecule has 0 spiro atoms. The van der Waals surface area contributed by atoms with Crippen LogP contribution in [0.15, 0.2) is 72.8 Å². The molecule has 9 atom stereocenters. The molecule has 1 aliphatic heterocycles. The Morgan fingerprint density at radius 3 is 1.82 bits per heavy atom. The van der Waals surface area contributed by atoms with Gasteiger partial charge in [0.1, 0.15) is 58.9 Å². The van der Waals surface area contributed by atoms with E-state index in [4.69, 9.17) is 9.47 Å². The molecule has 2 bridgehead atoms. The Balaban J connectivity index is 1.47. The molecule has 4 aromatic rings. The third-order valence-corrected chi connectivity index (χ3v) is 9.38. The van der Waals surface area contributed by atoms with Gasteiger partial charge < -0.3 is 55.4 Å². The predicted octanol–water partition coefficient (Wildman–Crippen LogP) is 2.55. The SMILES string of the molecule is OC[C@H]1O[C@@H](Oc2cc(O)cc3c2C2c4cc(O)cc(O)c4[C@H](c4ccc(O)cc4)C3C2c2ccc(O)cc2)[C@H](O)[C@@H](O)[C@@H]1O. The Labute approximate surface area is 257 Å². The number of hydrogen-bond donors (Lipinski definition) is 9. The first-order valence-electron chi connectivity index (χ1n) is 14.5. The largest absolute Gasteiger partial charge is 0.508 e. The average Bonchev–Trinajstić information content (AvgIpc) is 3.28. The third kappa shape index (κ3) is 4.63. The molecule has 0 amide bonds. The van der Waals surface area contributed by atoms with Crippen molar-refractivity contribution in [3.63, 3.8) is 0 Å². The molecule has 1 fully saturated rings. The van der Waals surface area contributed by atoms with E-state index in [0.29, 0.717) is 22.3 Å². The first kappa shape index (κ1) is 29.2. The van der Waals surface area contributed by atoms with Crippen LogP contribution >= 0.6 is 0 Å². The molecule has 234 valence electrons. The zero-order valence-corrected chi connectivity index (χ0v) is 23.7. The van der Waals surface area contributed by atoms with Crippen LogP contribution in [0.5, 0.6) is 34.5 Å². The van der Waals surface area contributed by atoms with Crippen LogP contribution in [-0.4, -0.2) is 83.3 Å². The van der Waals surface area contributed by atoms with E-state index in [1.165, 1.54) is 12.1 Å². The molecule has 0 aromatic heterocycles. The number of aromatic hydroxyl groups is 5. The molecular formula is C34H32O11. The van der Waals surface area contributed by atoms with Gasteiger partial charge in [0.05, 0.1) is 6.61 Å². The lowest BCUT2D eigenvalue weighted by Crippen LogP contribution is -2.60. The van der Waals surface area contributed by atoms with E-state index < -0.39 is 55.1 Å². The number of fused-ring (bicyclic) bond motifs is 7. The van der Waals surface area contributed by atoms with Gasteiger partial charge in [-0.25, -0.2) is 0 Å². The van der Waals surface area contributed by atoms with E-state index in [9.17, 15) is 46.0 Å². The first-order valence-corrected chi connectivity index (χ1v) is 14.5. The van der Waals surface area contributed by atoms with Crippen LogP contribution in [-0.2, 0) is 4.74 Å². The van der Waals surface area contributed by atoms with Gasteiger partial charge in [0.25, 0.3) is 0 Å². The number of ether oxygens (including phenoxy) is 2. The Morgan fingerprint density at radius 1 is 0.578 bits per heavy atom. The fraction of sp³-hybridized carbons (Fsp3) is 0.294. The molecule has 1 saturated heterocycles. The lowest BCUT2D eigenvalue weighted by molar-refractivity contribution is -0.277. The van der Waals surface area contributed by atoms with Gasteiger partial charge in [-0.15, -0.1) is 0 Å². The van der Waals surface area contributed by atoms with Gasteiger partial charge in [0.2, 0.25) is 6.29 Å². The summed E-state index contributed by atoms with van der Waals surface area (Å²) in [5.74, 6) is -2.25. The fourth-order valence-corrected chi connectivity index (χ4v) is 7.52. The number of benzene rings is 4. The zero-order chi connectivity index (χ0) is 31.7. The summed E-state index contributed by atoms with van der Waals surface area (Å²) < 4.78 is 11.8. The van der Waals surface area contributed by atoms with Gasteiger partial charge in [-0.05, 0) is 58.7 Å². The molecule has 3 unspecified atom stereocenters. The average molecular weight is 617 g/mol. The molecular weight excluding hydrogens is 584 g/mol. The molecule has 9 N–H and O–H groups in total. The van der Waals surface area contributed by atoms with Crippen molar-refractivity contribution in [2.24, 2.45) is 0 Å². The molecule has 0 radical (unpaired) electrons. The van der Waals surface area contributed by atoms with E-state index in [2.05, 4.69) is 0 Å². The highest BCUT2D eigenvalue weighted by atomic mass is 16.7. The number of aliphatic hydroxyl groups excluding tert-OH is 4. The molecule has 0 saturated carbocycles. The highest BCUT2D eigenvalue weighted by Crippen LogP contribution is 2.69. The van der Waals surface area contributed by atoms with Gasteiger partial charge in [-0.3, -0.25) is 0 Å². The molecule has 11 heteroatoms. The molecule has 4 aromatic carbocycles. The van der Waals surface area contributed by atoms with E-state index >= 15 is 0 Å². The maximum absolute atomic E-state index is 11.3. The van der Waals surface area contributed by atoms with E-state index in [0.717, 1.165) is 11.1 Å². The second kappa shape index (κ2) is 10.8. The van der Waals surface area contributed by atoms with Crippen LogP contribution < -0.4 is 4.74 Å². The second-order valence-electron chi connectivity index (χ2n) is 11.9.